The number of sulfonamides is 1. The second kappa shape index (κ2) is 21.4. The molecule has 3 aromatic carbocycles. The summed E-state index contributed by atoms with van der Waals surface area (Å²) in [7, 11) is -4.69. The van der Waals surface area contributed by atoms with Gasteiger partial charge < -0.3 is 34.5 Å². The van der Waals surface area contributed by atoms with Crippen molar-refractivity contribution in [3.8, 4) is 17.4 Å². The molecule has 5 aliphatic rings. The first-order valence-corrected chi connectivity index (χ1v) is 27.8. The molecule has 0 bridgehead atoms. The predicted molar refractivity (Wildman–Crippen MR) is 281 cm³/mol. The van der Waals surface area contributed by atoms with Crippen LogP contribution in [-0.2, 0) is 14.8 Å². The van der Waals surface area contributed by atoms with Crippen molar-refractivity contribution >= 4 is 44.0 Å². The summed E-state index contributed by atoms with van der Waals surface area (Å²) < 4.78 is 63.6. The van der Waals surface area contributed by atoms with Crippen LogP contribution >= 0.6 is 0 Å². The van der Waals surface area contributed by atoms with Crippen LogP contribution in [0.5, 0.6) is 17.4 Å². The first-order chi connectivity index (χ1) is 35.5. The second-order valence-electron chi connectivity index (χ2n) is 21.9. The van der Waals surface area contributed by atoms with Crippen LogP contribution in [-0.4, -0.2) is 128 Å². The maximum atomic E-state index is 15.2. The number of likely N-dealkylation sites (tertiary alicyclic amines) is 1. The van der Waals surface area contributed by atoms with Crippen LogP contribution in [0.1, 0.15) is 112 Å². The molecule has 2 aromatic heterocycles. The number of rotatable bonds is 17. The van der Waals surface area contributed by atoms with Crippen molar-refractivity contribution in [2.45, 2.75) is 107 Å². The lowest BCUT2D eigenvalue weighted by molar-refractivity contribution is -0.384. The molecule has 0 unspecified atom stereocenters. The number of hydrogen-bond acceptors (Lipinski definition) is 14. The number of fused-ring (bicyclic) bond motifs is 1. The van der Waals surface area contributed by atoms with E-state index in [-0.39, 0.29) is 57.6 Å². The van der Waals surface area contributed by atoms with Gasteiger partial charge in [0.1, 0.15) is 29.5 Å². The number of carbonyl (C=O) groups excluding carboxylic acids is 1. The number of aromatic amines is 1. The number of nitrogens with one attached hydrogen (secondary N) is 3. The summed E-state index contributed by atoms with van der Waals surface area (Å²) in [5.74, 6) is -0.409. The van der Waals surface area contributed by atoms with Gasteiger partial charge in [-0.15, -0.1) is 0 Å². The van der Waals surface area contributed by atoms with Crippen molar-refractivity contribution in [1.82, 2.24) is 24.5 Å². The topological polar surface area (TPSA) is 205 Å². The van der Waals surface area contributed by atoms with Gasteiger partial charge in [0.15, 0.2) is 5.75 Å². The van der Waals surface area contributed by atoms with Crippen molar-refractivity contribution in [2.24, 2.45) is 11.3 Å². The summed E-state index contributed by atoms with van der Waals surface area (Å²) in [6.45, 7) is 13.8. The Morgan fingerprint density at radius 3 is 2.49 bits per heavy atom. The fraction of sp³-hybridized carbons (Fsp3) is 0.527. The highest BCUT2D eigenvalue weighted by atomic mass is 32.2. The van der Waals surface area contributed by atoms with E-state index < -0.39 is 42.9 Å². The zero-order valence-electron chi connectivity index (χ0n) is 42.6. The minimum Gasteiger partial charge on any atom is -0.474 e. The smallest absolute Gasteiger partial charge is 0.293 e. The molecule has 2 atom stereocenters. The number of nitro groups is 1. The van der Waals surface area contributed by atoms with E-state index in [9.17, 15) is 28.4 Å². The highest BCUT2D eigenvalue weighted by Crippen LogP contribution is 2.49. The molecule has 5 aromatic rings. The maximum Gasteiger partial charge on any atom is 0.293 e. The van der Waals surface area contributed by atoms with Crippen molar-refractivity contribution in [3.63, 3.8) is 0 Å². The number of piperidine rings is 1. The van der Waals surface area contributed by atoms with E-state index in [1.165, 1.54) is 60.9 Å². The van der Waals surface area contributed by atoms with Crippen LogP contribution in [0.4, 0.5) is 21.5 Å². The number of aliphatic hydroxyl groups is 1. The van der Waals surface area contributed by atoms with Gasteiger partial charge >= 0.3 is 0 Å². The number of halogens is 1. The summed E-state index contributed by atoms with van der Waals surface area (Å²) in [5.41, 5.74) is 2.92. The molecule has 3 aliphatic heterocycles. The number of nitrogens with zero attached hydrogens (tertiary/aromatic N) is 5. The van der Waals surface area contributed by atoms with E-state index in [1.807, 2.05) is 0 Å². The number of morpholine rings is 1. The molecule has 1 spiro atoms. The summed E-state index contributed by atoms with van der Waals surface area (Å²) in [4.78, 5) is 40.1. The number of ether oxygens (including phenoxy) is 3. The number of H-pyrrole nitrogens is 1. The Bertz CT molecular complexity index is 2950. The number of aromatic nitrogens is 2. The molecular formula is C55H69FN8O9S. The summed E-state index contributed by atoms with van der Waals surface area (Å²) in [6, 6.07) is 19.4. The number of nitro benzene ring substituents is 1. The summed E-state index contributed by atoms with van der Waals surface area (Å²) >= 11 is 0. The monoisotopic (exact) mass is 1040 g/mol. The molecule has 5 fully saturated rings. The van der Waals surface area contributed by atoms with Crippen LogP contribution in [0.3, 0.4) is 0 Å². The zero-order valence-corrected chi connectivity index (χ0v) is 43.4. The number of carbonyl (C=O) groups is 1. The molecule has 396 valence electrons. The Balaban J connectivity index is 0.887. The van der Waals surface area contributed by atoms with Crippen LogP contribution in [0.2, 0.25) is 0 Å². The lowest BCUT2D eigenvalue weighted by atomic mass is 9.70. The zero-order chi connectivity index (χ0) is 51.8. The Morgan fingerprint density at radius 1 is 0.986 bits per heavy atom. The highest BCUT2D eigenvalue weighted by Gasteiger charge is 2.49. The van der Waals surface area contributed by atoms with Crippen molar-refractivity contribution in [2.75, 3.05) is 82.4 Å². The average Bonchev–Trinajstić information content (AvgIpc) is 4.01. The van der Waals surface area contributed by atoms with E-state index in [4.69, 9.17) is 14.2 Å². The van der Waals surface area contributed by atoms with Crippen molar-refractivity contribution < 1.29 is 41.8 Å². The normalized spacial score (nSPS) is 23.5. The lowest BCUT2D eigenvalue weighted by Crippen LogP contribution is -2.63. The summed E-state index contributed by atoms with van der Waals surface area (Å²) in [5, 5.41) is 25.9. The fourth-order valence-electron chi connectivity index (χ4n) is 12.0. The molecule has 17 nitrogen and oxygen atoms in total. The third-order valence-electron chi connectivity index (χ3n) is 16.4. The molecule has 5 heterocycles. The Labute approximate surface area is 432 Å². The molecule has 4 N–H and O–H groups in total. The van der Waals surface area contributed by atoms with E-state index in [0.29, 0.717) is 57.0 Å². The van der Waals surface area contributed by atoms with Gasteiger partial charge in [-0.25, -0.2) is 17.5 Å². The van der Waals surface area contributed by atoms with Gasteiger partial charge in [0.2, 0.25) is 0 Å². The van der Waals surface area contributed by atoms with Gasteiger partial charge in [-0.1, -0.05) is 44.5 Å². The third kappa shape index (κ3) is 11.2. The molecule has 1 amide bonds. The molecule has 3 saturated heterocycles. The SMILES string of the molecule is CC(C)c1ccccc1[C@H]1CCC[C@H]1N1CC2(CCN(c3ccc(C(=O)NS(=O)(=O)c4ccc(NC[C@H]5CC[C@](C)(O)CC5)c([N+](=O)[O-])c4)c(Oc4cc5c(F)c[nH]c5nc4OCCN4CCOCC4)c3)CC2)C1. The number of hydrogen-bond donors (Lipinski definition) is 4. The molecule has 10 rings (SSSR count). The standard InChI is InChI=1S/C55H69FN8O9S/c1-36(2)40-7-4-5-8-41(40)42-9-6-10-47(42)63-34-55(35-63)19-21-62(22-20-55)38-11-13-43(49(29-38)73-50-31-44-45(56)33-58-51(44)59-53(50)72-28-25-61-23-26-71-27-24-61)52(65)60-74(69,70)39-12-14-46(48(30-39)64(67)68)57-32-37-15-17-54(3,66)18-16-37/h4-5,7-8,11-14,29-31,33,36-37,42,47,57,66H,6,9-10,15-28,32,34-35H2,1-3H3,(H,58,59)(H,60,65)/t37-,42-,47-,54-/m1/s1. The van der Waals surface area contributed by atoms with Gasteiger partial charge in [-0.3, -0.25) is 24.7 Å². The number of pyridine rings is 1. The molecule has 74 heavy (non-hydrogen) atoms. The van der Waals surface area contributed by atoms with E-state index in [0.717, 1.165) is 76.7 Å². The third-order valence-corrected chi connectivity index (χ3v) is 17.8. The first-order valence-electron chi connectivity index (χ1n) is 26.4. The Morgan fingerprint density at radius 2 is 1.74 bits per heavy atom. The second-order valence-corrected chi connectivity index (χ2v) is 23.6. The van der Waals surface area contributed by atoms with Crippen molar-refractivity contribution in [1.29, 1.82) is 0 Å². The van der Waals surface area contributed by atoms with Gasteiger partial charge in [0.05, 0.1) is 39.6 Å². The molecule has 2 saturated carbocycles. The average molecular weight is 1040 g/mol. The van der Waals surface area contributed by atoms with Gasteiger partial charge in [-0.2, -0.15) is 4.98 Å². The number of anilines is 2. The number of benzene rings is 3. The molecule has 0 radical (unpaired) electrons. The van der Waals surface area contributed by atoms with Crippen molar-refractivity contribution in [3.05, 3.63) is 106 Å². The minimum atomic E-state index is -4.69. The van der Waals surface area contributed by atoms with Crippen LogP contribution in [0, 0.1) is 27.3 Å². The molecular weight excluding hydrogens is 968 g/mol. The van der Waals surface area contributed by atoms with Crippen LogP contribution < -0.4 is 24.4 Å². The van der Waals surface area contributed by atoms with E-state index >= 15 is 4.39 Å². The number of amides is 1. The maximum absolute atomic E-state index is 15.2. The van der Waals surface area contributed by atoms with E-state index in [2.05, 4.69) is 72.8 Å². The Hall–Kier alpha value is -5.86. The van der Waals surface area contributed by atoms with Gasteiger partial charge in [-0.05, 0) is 117 Å². The fourth-order valence-corrected chi connectivity index (χ4v) is 13.0. The quantitative estimate of drug-likeness (QED) is 0.0507. The minimum absolute atomic E-state index is 0.0118. The summed E-state index contributed by atoms with van der Waals surface area (Å²) in [6.07, 6.45) is 9.49. The predicted octanol–water partition coefficient (Wildman–Crippen LogP) is 8.95. The van der Waals surface area contributed by atoms with Gasteiger partial charge in [0, 0.05) is 88.5 Å². The van der Waals surface area contributed by atoms with Crippen LogP contribution in [0.15, 0.2) is 77.8 Å². The van der Waals surface area contributed by atoms with Crippen LogP contribution in [0.25, 0.3) is 11.0 Å². The largest absolute Gasteiger partial charge is 0.474 e. The highest BCUT2D eigenvalue weighted by molar-refractivity contribution is 7.90. The first kappa shape index (κ1) is 51.6. The van der Waals surface area contributed by atoms with E-state index in [1.54, 1.807) is 19.1 Å². The molecule has 2 aliphatic carbocycles. The van der Waals surface area contributed by atoms with Gasteiger partial charge in [0.25, 0.3) is 27.5 Å². The molecule has 19 heteroatoms. The Kier molecular flexibility index (Phi) is 14.9. The lowest BCUT2D eigenvalue weighted by Gasteiger charge is -2.57.